The van der Waals surface area contributed by atoms with Gasteiger partial charge in [-0.2, -0.15) is 0 Å². The van der Waals surface area contributed by atoms with Crippen LogP contribution in [0.4, 0.5) is 5.69 Å². The highest BCUT2D eigenvalue weighted by Crippen LogP contribution is 2.34. The Morgan fingerprint density at radius 2 is 2.07 bits per heavy atom. The average Bonchev–Trinajstić information content (AvgIpc) is 3.34. The predicted molar refractivity (Wildman–Crippen MR) is 123 cm³/mol. The van der Waals surface area contributed by atoms with E-state index in [-0.39, 0.29) is 11.8 Å². The number of hydrogen-bond acceptors (Lipinski definition) is 5. The highest BCUT2D eigenvalue weighted by atomic mass is 32.1. The Morgan fingerprint density at radius 3 is 2.83 bits per heavy atom. The fourth-order valence-corrected chi connectivity index (χ4v) is 6.03. The van der Waals surface area contributed by atoms with E-state index >= 15 is 0 Å². The van der Waals surface area contributed by atoms with E-state index in [4.69, 9.17) is 4.74 Å². The van der Waals surface area contributed by atoms with Gasteiger partial charge in [-0.3, -0.25) is 9.69 Å². The lowest BCUT2D eigenvalue weighted by Gasteiger charge is -2.37. The first-order valence-electron chi connectivity index (χ1n) is 10.9. The predicted octanol–water partition coefficient (Wildman–Crippen LogP) is 4.24. The molecule has 3 atom stereocenters. The number of ether oxygens (including phenoxy) is 1. The standard InChI is InChI=1S/C24H33N3O2S/c1-17-10-11-20(30-17)16-27-12-6-7-18(15-27)22-13-19(14-26(22)2)24(28)25-21-8-4-5-9-23(21)29-3/h4-5,8-11,18-19,22H,6-7,12-16H2,1-3H3,(H,25,28). The zero-order chi connectivity index (χ0) is 21.1. The maximum Gasteiger partial charge on any atom is 0.228 e. The number of nitrogens with one attached hydrogen (secondary N) is 1. The number of benzene rings is 1. The van der Waals surface area contributed by atoms with Gasteiger partial charge in [0.05, 0.1) is 18.7 Å². The SMILES string of the molecule is COc1ccccc1NC(=O)C1CC(C2CCCN(Cc3ccc(C)s3)C2)N(C)C1. The first-order chi connectivity index (χ1) is 14.5. The number of nitrogens with zero attached hydrogens (tertiary/aromatic N) is 2. The number of likely N-dealkylation sites (tertiary alicyclic amines) is 2. The minimum Gasteiger partial charge on any atom is -0.495 e. The molecule has 1 aromatic heterocycles. The van der Waals surface area contributed by atoms with Crippen LogP contribution in [0, 0.1) is 18.8 Å². The van der Waals surface area contributed by atoms with Gasteiger partial charge < -0.3 is 15.0 Å². The second-order valence-corrected chi connectivity index (χ2v) is 10.2. The first-order valence-corrected chi connectivity index (χ1v) is 11.8. The van der Waals surface area contributed by atoms with Crippen molar-refractivity contribution < 1.29 is 9.53 Å². The third kappa shape index (κ3) is 4.88. The Hall–Kier alpha value is -1.89. The van der Waals surface area contributed by atoms with Crippen LogP contribution in [0.1, 0.15) is 29.0 Å². The third-order valence-electron chi connectivity index (χ3n) is 6.60. The molecule has 3 unspecified atom stereocenters. The van der Waals surface area contributed by atoms with Crippen LogP contribution in [0.15, 0.2) is 36.4 Å². The molecule has 30 heavy (non-hydrogen) atoms. The fourth-order valence-electron chi connectivity index (χ4n) is 5.09. The molecule has 0 bridgehead atoms. The highest BCUT2D eigenvalue weighted by Gasteiger charge is 2.39. The van der Waals surface area contributed by atoms with E-state index < -0.39 is 0 Å². The lowest BCUT2D eigenvalue weighted by Crippen LogP contribution is -2.43. The number of anilines is 1. The Kier molecular flexibility index (Phi) is 6.76. The molecule has 1 aromatic carbocycles. The minimum absolute atomic E-state index is 0.0280. The molecular weight excluding hydrogens is 394 g/mol. The van der Waals surface area contributed by atoms with Crippen molar-refractivity contribution in [1.29, 1.82) is 0 Å². The molecule has 4 rings (SSSR count). The Balaban J connectivity index is 1.35. The van der Waals surface area contributed by atoms with Gasteiger partial charge in [0.15, 0.2) is 0 Å². The van der Waals surface area contributed by atoms with Gasteiger partial charge in [0.2, 0.25) is 5.91 Å². The molecule has 0 spiro atoms. The second-order valence-electron chi connectivity index (χ2n) is 8.78. The molecule has 2 aromatic rings. The molecule has 2 saturated heterocycles. The van der Waals surface area contributed by atoms with E-state index in [1.165, 1.54) is 29.1 Å². The van der Waals surface area contributed by atoms with Crippen LogP contribution in [-0.4, -0.2) is 55.5 Å². The summed E-state index contributed by atoms with van der Waals surface area (Å²) in [6.45, 7) is 6.38. The molecule has 1 amide bonds. The van der Waals surface area contributed by atoms with Gasteiger partial charge in [-0.05, 0) is 70.0 Å². The molecule has 1 N–H and O–H groups in total. The van der Waals surface area contributed by atoms with E-state index in [1.807, 2.05) is 35.6 Å². The van der Waals surface area contributed by atoms with Crippen LogP contribution in [-0.2, 0) is 11.3 Å². The summed E-state index contributed by atoms with van der Waals surface area (Å²) >= 11 is 1.91. The number of amides is 1. The Bertz CT molecular complexity index is 868. The van der Waals surface area contributed by atoms with Crippen molar-refractivity contribution in [2.24, 2.45) is 11.8 Å². The summed E-state index contributed by atoms with van der Waals surface area (Å²) in [5.41, 5.74) is 0.756. The van der Waals surface area contributed by atoms with Crippen LogP contribution in [0.2, 0.25) is 0 Å². The van der Waals surface area contributed by atoms with E-state index in [1.54, 1.807) is 7.11 Å². The number of hydrogen-bond donors (Lipinski definition) is 1. The van der Waals surface area contributed by atoms with Crippen molar-refractivity contribution in [3.63, 3.8) is 0 Å². The topological polar surface area (TPSA) is 44.8 Å². The van der Waals surface area contributed by atoms with Crippen molar-refractivity contribution in [1.82, 2.24) is 9.80 Å². The number of rotatable bonds is 6. The van der Waals surface area contributed by atoms with Gasteiger partial charge in [0, 0.05) is 35.4 Å². The summed E-state index contributed by atoms with van der Waals surface area (Å²) in [6.07, 6.45) is 3.45. The lowest BCUT2D eigenvalue weighted by molar-refractivity contribution is -0.119. The third-order valence-corrected chi connectivity index (χ3v) is 7.58. The van der Waals surface area contributed by atoms with E-state index in [0.717, 1.165) is 31.7 Å². The molecule has 2 fully saturated rings. The molecule has 5 nitrogen and oxygen atoms in total. The second kappa shape index (κ2) is 9.50. The number of thiophene rings is 1. The lowest BCUT2D eigenvalue weighted by atomic mass is 9.87. The van der Waals surface area contributed by atoms with Crippen molar-refractivity contribution in [3.8, 4) is 5.75 Å². The van der Waals surface area contributed by atoms with Gasteiger partial charge in [-0.15, -0.1) is 11.3 Å². The van der Waals surface area contributed by atoms with Gasteiger partial charge >= 0.3 is 0 Å². The normalized spacial score (nSPS) is 25.4. The largest absolute Gasteiger partial charge is 0.495 e. The van der Waals surface area contributed by atoms with Crippen LogP contribution in [0.5, 0.6) is 5.75 Å². The molecule has 3 heterocycles. The minimum atomic E-state index is 0.0280. The van der Waals surface area contributed by atoms with Gasteiger partial charge in [-0.1, -0.05) is 12.1 Å². The molecule has 0 saturated carbocycles. The number of para-hydroxylation sites is 2. The zero-order valence-electron chi connectivity index (χ0n) is 18.3. The summed E-state index contributed by atoms with van der Waals surface area (Å²) in [4.78, 5) is 20.8. The highest BCUT2D eigenvalue weighted by molar-refractivity contribution is 7.11. The van der Waals surface area contributed by atoms with Crippen molar-refractivity contribution >= 4 is 22.9 Å². The Labute approximate surface area is 184 Å². The van der Waals surface area contributed by atoms with Gasteiger partial charge in [-0.25, -0.2) is 0 Å². The van der Waals surface area contributed by atoms with Crippen molar-refractivity contribution in [3.05, 3.63) is 46.2 Å². The summed E-state index contributed by atoms with van der Waals surface area (Å²) in [5, 5.41) is 3.09. The molecule has 2 aliphatic rings. The van der Waals surface area contributed by atoms with Crippen LogP contribution >= 0.6 is 11.3 Å². The average molecular weight is 428 g/mol. The van der Waals surface area contributed by atoms with E-state index in [9.17, 15) is 4.79 Å². The monoisotopic (exact) mass is 427 g/mol. The number of aryl methyl sites for hydroxylation is 1. The summed E-state index contributed by atoms with van der Waals surface area (Å²) < 4.78 is 5.38. The Morgan fingerprint density at radius 1 is 1.23 bits per heavy atom. The summed E-state index contributed by atoms with van der Waals surface area (Å²) in [7, 11) is 3.82. The molecule has 162 valence electrons. The maximum atomic E-state index is 13.0. The molecule has 0 aliphatic carbocycles. The number of carbonyl (C=O) groups is 1. The van der Waals surface area contributed by atoms with Crippen LogP contribution in [0.3, 0.4) is 0 Å². The number of carbonyl (C=O) groups excluding carboxylic acids is 1. The number of piperidine rings is 1. The quantitative estimate of drug-likeness (QED) is 0.749. The van der Waals surface area contributed by atoms with Crippen LogP contribution in [0.25, 0.3) is 0 Å². The van der Waals surface area contributed by atoms with Crippen LogP contribution < -0.4 is 10.1 Å². The first kappa shape index (κ1) is 21.3. The van der Waals surface area contributed by atoms with E-state index in [2.05, 4.69) is 41.2 Å². The van der Waals surface area contributed by atoms with Crippen molar-refractivity contribution in [2.75, 3.05) is 39.1 Å². The maximum absolute atomic E-state index is 13.0. The van der Waals surface area contributed by atoms with Gasteiger partial charge in [0.1, 0.15) is 5.75 Å². The summed E-state index contributed by atoms with van der Waals surface area (Å²) in [6, 6.07) is 12.6. The molecular formula is C24H33N3O2S. The van der Waals surface area contributed by atoms with E-state index in [0.29, 0.717) is 17.7 Å². The molecule has 6 heteroatoms. The van der Waals surface area contributed by atoms with Crippen molar-refractivity contribution in [2.45, 2.75) is 38.8 Å². The molecule has 2 aliphatic heterocycles. The molecule has 0 radical (unpaired) electrons. The smallest absolute Gasteiger partial charge is 0.228 e. The summed E-state index contributed by atoms with van der Waals surface area (Å²) in [5.74, 6) is 1.48. The number of methoxy groups -OCH3 is 1. The zero-order valence-corrected chi connectivity index (χ0v) is 19.1. The fraction of sp³-hybridized carbons (Fsp3) is 0.542. The van der Waals surface area contributed by atoms with Gasteiger partial charge in [0.25, 0.3) is 0 Å².